The molecule has 1 aromatic heterocycles. The molecule has 4 nitrogen and oxygen atoms in total. The molecule has 0 aliphatic carbocycles. The van der Waals surface area contributed by atoms with Gasteiger partial charge in [0.25, 0.3) is 0 Å². The van der Waals surface area contributed by atoms with Crippen LogP contribution in [0.3, 0.4) is 0 Å². The summed E-state index contributed by atoms with van der Waals surface area (Å²) >= 11 is 1.69. The molecule has 2 N–H and O–H groups in total. The zero-order valence-electron chi connectivity index (χ0n) is 9.32. The van der Waals surface area contributed by atoms with E-state index in [1.807, 2.05) is 6.20 Å². The third kappa shape index (κ3) is 2.61. The van der Waals surface area contributed by atoms with Gasteiger partial charge in [0.05, 0.1) is 18.1 Å². The van der Waals surface area contributed by atoms with Gasteiger partial charge in [-0.15, -0.1) is 0 Å². The molecule has 1 saturated heterocycles. The average molecular weight is 239 g/mol. The van der Waals surface area contributed by atoms with Gasteiger partial charge in [-0.05, 0) is 18.5 Å². The van der Waals surface area contributed by atoms with Crippen LogP contribution in [0.25, 0.3) is 5.57 Å². The van der Waals surface area contributed by atoms with Crippen LogP contribution in [0.5, 0.6) is 0 Å². The number of aromatic nitrogens is 1. The molecule has 0 unspecified atom stereocenters. The number of nitrogens with zero attached hydrogens (tertiary/aromatic N) is 2. The Hall–Kier alpha value is -0.910. The lowest BCUT2D eigenvalue weighted by molar-refractivity contribution is 0.122. The summed E-state index contributed by atoms with van der Waals surface area (Å²) in [6.07, 6.45) is 2.73. The monoisotopic (exact) mass is 239 g/mol. The molecule has 0 aromatic carbocycles. The van der Waals surface area contributed by atoms with Crippen molar-refractivity contribution in [3.05, 3.63) is 17.7 Å². The number of thiazole rings is 1. The molecule has 0 atom stereocenters. The first kappa shape index (κ1) is 11.6. The van der Waals surface area contributed by atoms with Gasteiger partial charge < -0.3 is 15.4 Å². The van der Waals surface area contributed by atoms with Gasteiger partial charge in [-0.3, -0.25) is 0 Å². The maximum atomic E-state index is 5.51. The second kappa shape index (κ2) is 5.43. The third-order valence-corrected chi connectivity index (χ3v) is 3.73. The van der Waals surface area contributed by atoms with E-state index in [0.29, 0.717) is 6.54 Å². The first-order valence-electron chi connectivity index (χ1n) is 5.48. The summed E-state index contributed by atoms with van der Waals surface area (Å²) in [7, 11) is 0. The Kier molecular flexibility index (Phi) is 3.93. The van der Waals surface area contributed by atoms with E-state index in [2.05, 4.69) is 16.5 Å². The van der Waals surface area contributed by atoms with Crippen molar-refractivity contribution in [1.82, 2.24) is 4.98 Å². The van der Waals surface area contributed by atoms with Crippen molar-refractivity contribution in [3.63, 3.8) is 0 Å². The van der Waals surface area contributed by atoms with Crippen LogP contribution in [0.2, 0.25) is 0 Å². The third-order valence-electron chi connectivity index (χ3n) is 2.57. The van der Waals surface area contributed by atoms with E-state index < -0.39 is 0 Å². The van der Waals surface area contributed by atoms with E-state index in [1.54, 1.807) is 11.3 Å². The van der Waals surface area contributed by atoms with Crippen LogP contribution in [-0.2, 0) is 4.74 Å². The largest absolute Gasteiger partial charge is 0.378 e. The molecular weight excluding hydrogens is 222 g/mol. The van der Waals surface area contributed by atoms with Crippen LogP contribution >= 0.6 is 11.3 Å². The number of hydrogen-bond acceptors (Lipinski definition) is 5. The van der Waals surface area contributed by atoms with Gasteiger partial charge >= 0.3 is 0 Å². The molecule has 2 heterocycles. The van der Waals surface area contributed by atoms with E-state index in [4.69, 9.17) is 10.5 Å². The molecule has 0 amide bonds. The molecule has 2 rings (SSSR count). The van der Waals surface area contributed by atoms with Crippen molar-refractivity contribution >= 4 is 22.0 Å². The minimum absolute atomic E-state index is 0.642. The van der Waals surface area contributed by atoms with Gasteiger partial charge in [0.2, 0.25) is 0 Å². The van der Waals surface area contributed by atoms with E-state index in [1.165, 1.54) is 0 Å². The number of ether oxygens (including phenoxy) is 1. The molecular formula is C11H17N3OS. The predicted octanol–water partition coefficient (Wildman–Crippen LogP) is 1.34. The minimum atomic E-state index is 0.642. The fraction of sp³-hybridized carbons (Fsp3) is 0.545. The lowest BCUT2D eigenvalue weighted by atomic mass is 10.2. The Morgan fingerprint density at radius 3 is 3.00 bits per heavy atom. The Balaban J connectivity index is 2.03. The second-order valence-corrected chi connectivity index (χ2v) is 4.76. The fourth-order valence-electron chi connectivity index (χ4n) is 1.63. The highest BCUT2D eigenvalue weighted by atomic mass is 32.1. The molecule has 16 heavy (non-hydrogen) atoms. The smallest absolute Gasteiger partial charge is 0.185 e. The first-order chi connectivity index (χ1) is 7.81. The average Bonchev–Trinajstić information content (AvgIpc) is 2.80. The summed E-state index contributed by atoms with van der Waals surface area (Å²) in [5.41, 5.74) is 6.60. The fourth-order valence-corrected chi connectivity index (χ4v) is 2.59. The van der Waals surface area contributed by atoms with Crippen LogP contribution in [0.4, 0.5) is 5.13 Å². The Bertz CT molecular complexity index is 358. The predicted molar refractivity (Wildman–Crippen MR) is 67.9 cm³/mol. The first-order valence-corrected chi connectivity index (χ1v) is 6.29. The molecule has 0 radical (unpaired) electrons. The summed E-state index contributed by atoms with van der Waals surface area (Å²) in [6, 6.07) is 0. The maximum absolute atomic E-state index is 5.51. The van der Waals surface area contributed by atoms with Crippen LogP contribution in [-0.4, -0.2) is 37.8 Å². The van der Waals surface area contributed by atoms with Crippen LogP contribution in [0, 0.1) is 0 Å². The van der Waals surface area contributed by atoms with Crippen molar-refractivity contribution in [2.75, 3.05) is 37.7 Å². The Labute approximate surface area is 99.7 Å². The van der Waals surface area contributed by atoms with Crippen LogP contribution < -0.4 is 10.6 Å². The van der Waals surface area contributed by atoms with Gasteiger partial charge in [0.1, 0.15) is 0 Å². The van der Waals surface area contributed by atoms with Crippen molar-refractivity contribution in [2.24, 2.45) is 5.73 Å². The number of hydrogen-bond donors (Lipinski definition) is 1. The van der Waals surface area contributed by atoms with Crippen molar-refractivity contribution in [3.8, 4) is 0 Å². The summed E-state index contributed by atoms with van der Waals surface area (Å²) in [5.74, 6) is 0. The quantitative estimate of drug-likeness (QED) is 0.861. The number of nitrogens with two attached hydrogens (primary N) is 1. The van der Waals surface area contributed by atoms with Crippen molar-refractivity contribution in [1.29, 1.82) is 0 Å². The molecule has 0 saturated carbocycles. The molecule has 1 aromatic rings. The topological polar surface area (TPSA) is 51.4 Å². The van der Waals surface area contributed by atoms with E-state index in [9.17, 15) is 0 Å². The van der Waals surface area contributed by atoms with Crippen LogP contribution in [0.1, 0.15) is 11.3 Å². The number of anilines is 1. The molecule has 88 valence electrons. The van der Waals surface area contributed by atoms with Gasteiger partial charge in [0.15, 0.2) is 5.13 Å². The second-order valence-electron chi connectivity index (χ2n) is 3.75. The number of morpholine rings is 1. The van der Waals surface area contributed by atoms with Gasteiger partial charge in [-0.25, -0.2) is 4.98 Å². The van der Waals surface area contributed by atoms with E-state index in [0.717, 1.165) is 48.3 Å². The summed E-state index contributed by atoms with van der Waals surface area (Å²) in [5, 5.41) is 1.07. The number of rotatable bonds is 4. The minimum Gasteiger partial charge on any atom is -0.378 e. The molecule has 1 aliphatic rings. The van der Waals surface area contributed by atoms with Gasteiger partial charge in [-0.1, -0.05) is 17.9 Å². The zero-order valence-corrected chi connectivity index (χ0v) is 10.1. The zero-order chi connectivity index (χ0) is 11.4. The Morgan fingerprint density at radius 1 is 1.56 bits per heavy atom. The van der Waals surface area contributed by atoms with Gasteiger partial charge in [0, 0.05) is 19.3 Å². The standard InChI is InChI=1S/C11H17N3OS/c1-9(2-3-12)10-8-13-11(16-10)14-4-6-15-7-5-14/h8H,1-7,12H2. The lowest BCUT2D eigenvalue weighted by Gasteiger charge is -2.25. The lowest BCUT2D eigenvalue weighted by Crippen LogP contribution is -2.36. The molecule has 1 aliphatic heterocycles. The highest BCUT2D eigenvalue weighted by Crippen LogP contribution is 2.28. The van der Waals surface area contributed by atoms with Crippen molar-refractivity contribution < 1.29 is 4.74 Å². The molecule has 5 heteroatoms. The van der Waals surface area contributed by atoms with Gasteiger partial charge in [-0.2, -0.15) is 0 Å². The highest BCUT2D eigenvalue weighted by Gasteiger charge is 2.15. The molecule has 1 fully saturated rings. The Morgan fingerprint density at radius 2 is 2.31 bits per heavy atom. The summed E-state index contributed by atoms with van der Waals surface area (Å²) in [4.78, 5) is 7.83. The SMILES string of the molecule is C=C(CCN)c1cnc(N2CCOCC2)s1. The van der Waals surface area contributed by atoms with Crippen LogP contribution in [0.15, 0.2) is 12.8 Å². The summed E-state index contributed by atoms with van der Waals surface area (Å²) < 4.78 is 5.32. The highest BCUT2D eigenvalue weighted by molar-refractivity contribution is 7.16. The molecule has 0 bridgehead atoms. The normalized spacial score (nSPS) is 16.4. The van der Waals surface area contributed by atoms with E-state index in [-0.39, 0.29) is 0 Å². The summed E-state index contributed by atoms with van der Waals surface area (Å²) in [6.45, 7) is 8.10. The van der Waals surface area contributed by atoms with E-state index >= 15 is 0 Å². The maximum Gasteiger partial charge on any atom is 0.185 e. The van der Waals surface area contributed by atoms with Crippen molar-refractivity contribution in [2.45, 2.75) is 6.42 Å². The molecule has 0 spiro atoms.